The highest BCUT2D eigenvalue weighted by Crippen LogP contribution is 2.66. The summed E-state index contributed by atoms with van der Waals surface area (Å²) < 4.78 is 2.73. The Labute approximate surface area is 433 Å². The largest absolute Gasteiger partial charge is 0.243 e. The molecule has 0 radical (unpaired) electrons. The van der Waals surface area contributed by atoms with Gasteiger partial charge >= 0.3 is 0 Å². The summed E-state index contributed by atoms with van der Waals surface area (Å²) in [5, 5.41) is 2.75. The van der Waals surface area contributed by atoms with E-state index in [1.165, 1.54) is 136 Å². The second-order valence-corrected chi connectivity index (χ2v) is 25.6. The Morgan fingerprint density at radius 2 is 1.12 bits per heavy atom. The van der Waals surface area contributed by atoms with E-state index in [1.54, 1.807) is 38.7 Å². The standard InChI is InChI=1S/C69H66B2S/c1-39(2)57-31-52(32-58-46(9)54-14-12-15-56-55-13-10-11-16-61(55)71(66(54)56)67(57)58)69-36-47-29-48(37-69)35-68(34-47,38-69)51-20-17-49(18-21-51)50-19-23-62-59(30-50)60-33-53(22-24-63(60)72-62)70(64-42(5)25-40(3)26-43(64)6)65-44(7)27-41(4)28-45(65)8/h10-28,30-33,39,46-48H,29,34-38H2,1-9H3. The first-order valence-electron chi connectivity index (χ1n) is 27.4. The third-order valence-corrected chi connectivity index (χ3v) is 20.6. The van der Waals surface area contributed by atoms with E-state index in [1.807, 2.05) is 11.3 Å². The average Bonchev–Trinajstić information content (AvgIpc) is 3.89. The SMILES string of the molecule is Cc1cc(C)c(B(c2ccc3sc4ccc(-c5ccc(C67CC8CC(C6)CC(c6cc(C(C)C)c9c(c6)C(C)c6cccc%10c6B9c6ccccc6-%10)(C8)C7)cc5)cc4c3c2)c2c(C)cc(C)cc2C)c(C)c1. The zero-order chi connectivity index (χ0) is 49.1. The van der Waals surface area contributed by atoms with Crippen molar-refractivity contribution in [3.05, 3.63) is 201 Å². The Kier molecular flexibility index (Phi) is 9.98. The number of thiophene rings is 1. The van der Waals surface area contributed by atoms with E-state index < -0.39 is 0 Å². The predicted molar refractivity (Wildman–Crippen MR) is 313 cm³/mol. The number of hydrogen-bond donors (Lipinski definition) is 0. The molecule has 6 aliphatic rings. The van der Waals surface area contributed by atoms with Gasteiger partial charge < -0.3 is 0 Å². The van der Waals surface area contributed by atoms with Crippen LogP contribution in [0.15, 0.2) is 140 Å². The van der Waals surface area contributed by atoms with Gasteiger partial charge in [-0.15, -0.1) is 11.3 Å². The highest BCUT2D eigenvalue weighted by atomic mass is 32.1. The van der Waals surface area contributed by atoms with Gasteiger partial charge in [-0.3, -0.25) is 0 Å². The topological polar surface area (TPSA) is 0 Å². The van der Waals surface area contributed by atoms with Crippen LogP contribution in [0, 0.1) is 53.4 Å². The van der Waals surface area contributed by atoms with Crippen molar-refractivity contribution in [1.29, 1.82) is 0 Å². The molecule has 0 saturated heterocycles. The van der Waals surface area contributed by atoms with Gasteiger partial charge in [0, 0.05) is 20.7 Å². The molecule has 3 atom stereocenters. The van der Waals surface area contributed by atoms with Crippen LogP contribution in [0.4, 0.5) is 0 Å². The Morgan fingerprint density at radius 1 is 0.542 bits per heavy atom. The summed E-state index contributed by atoms with van der Waals surface area (Å²) in [6.45, 7) is 21.7. The molecular weight excluding hydrogens is 882 g/mol. The van der Waals surface area contributed by atoms with Crippen LogP contribution < -0.4 is 32.8 Å². The van der Waals surface area contributed by atoms with Crippen molar-refractivity contribution in [2.75, 3.05) is 0 Å². The molecule has 15 rings (SSSR count). The van der Waals surface area contributed by atoms with Crippen LogP contribution >= 0.6 is 11.3 Å². The van der Waals surface area contributed by atoms with Crippen LogP contribution in [0.2, 0.25) is 0 Å². The Hall–Kier alpha value is -5.89. The van der Waals surface area contributed by atoms with E-state index >= 15 is 0 Å². The van der Waals surface area contributed by atoms with E-state index in [-0.39, 0.29) is 17.5 Å². The summed E-state index contributed by atoms with van der Waals surface area (Å²) in [4.78, 5) is 0. The second kappa shape index (κ2) is 16.1. The fourth-order valence-electron chi connectivity index (χ4n) is 17.2. The minimum absolute atomic E-state index is 0.157. The lowest BCUT2D eigenvalue weighted by Gasteiger charge is -2.63. The summed E-state index contributed by atoms with van der Waals surface area (Å²) in [5.41, 5.74) is 31.2. The van der Waals surface area contributed by atoms with Crippen LogP contribution in [0.3, 0.4) is 0 Å². The summed E-state index contributed by atoms with van der Waals surface area (Å²) >= 11 is 1.93. The first-order chi connectivity index (χ1) is 34.8. The summed E-state index contributed by atoms with van der Waals surface area (Å²) in [5.74, 6) is 2.44. The molecule has 0 amide bonds. The second-order valence-electron chi connectivity index (χ2n) is 24.5. The average molecular weight is 949 g/mol. The Balaban J connectivity index is 0.823. The molecule has 72 heavy (non-hydrogen) atoms. The third-order valence-electron chi connectivity index (χ3n) is 19.5. The van der Waals surface area contributed by atoms with Gasteiger partial charge in [-0.05, 0) is 182 Å². The van der Waals surface area contributed by atoms with Crippen molar-refractivity contribution in [3.63, 3.8) is 0 Å². The van der Waals surface area contributed by atoms with Gasteiger partial charge in [0.15, 0.2) is 0 Å². The number of fused-ring (bicyclic) bond motifs is 8. The summed E-state index contributed by atoms with van der Waals surface area (Å²) in [6, 6.07) is 56.2. The van der Waals surface area contributed by atoms with E-state index in [9.17, 15) is 0 Å². The first kappa shape index (κ1) is 44.8. The van der Waals surface area contributed by atoms with Crippen LogP contribution in [0.25, 0.3) is 42.4 Å². The fourth-order valence-corrected chi connectivity index (χ4v) is 18.3. The molecule has 3 heteroatoms. The molecule has 9 aromatic rings. The van der Waals surface area contributed by atoms with E-state index in [4.69, 9.17) is 0 Å². The molecule has 8 aromatic carbocycles. The normalized spacial score (nSPS) is 22.2. The highest BCUT2D eigenvalue weighted by Gasteiger charge is 2.59. The first-order valence-corrected chi connectivity index (χ1v) is 28.2. The smallest absolute Gasteiger partial charge is 0.135 e. The van der Waals surface area contributed by atoms with Gasteiger partial charge in [-0.2, -0.15) is 0 Å². The van der Waals surface area contributed by atoms with E-state index in [2.05, 4.69) is 202 Å². The molecule has 4 bridgehead atoms. The van der Waals surface area contributed by atoms with Gasteiger partial charge in [0.05, 0.1) is 0 Å². The van der Waals surface area contributed by atoms with E-state index in [0.717, 1.165) is 11.8 Å². The fraction of sp³-hybridized carbons (Fsp3) is 0.304. The van der Waals surface area contributed by atoms with Crippen molar-refractivity contribution in [3.8, 4) is 22.3 Å². The zero-order valence-corrected chi connectivity index (χ0v) is 44.7. The third kappa shape index (κ3) is 6.57. The van der Waals surface area contributed by atoms with Gasteiger partial charge in [-0.1, -0.05) is 208 Å². The van der Waals surface area contributed by atoms with Crippen molar-refractivity contribution >= 4 is 77.7 Å². The Morgan fingerprint density at radius 3 is 1.78 bits per heavy atom. The predicted octanol–water partition coefficient (Wildman–Crippen LogP) is 14.0. The molecule has 0 spiro atoms. The Bertz CT molecular complexity index is 3630. The minimum Gasteiger partial charge on any atom is -0.135 e. The van der Waals surface area contributed by atoms with Gasteiger partial charge in [0.25, 0.3) is 0 Å². The molecule has 4 saturated carbocycles. The number of aryl methyl sites for hydroxylation is 6. The van der Waals surface area contributed by atoms with Crippen molar-refractivity contribution < 1.29 is 0 Å². The number of benzene rings is 8. The van der Waals surface area contributed by atoms with E-state index in [0.29, 0.717) is 18.5 Å². The van der Waals surface area contributed by atoms with Crippen LogP contribution in [0.5, 0.6) is 0 Å². The van der Waals surface area contributed by atoms with Crippen LogP contribution in [-0.4, -0.2) is 13.4 Å². The maximum Gasteiger partial charge on any atom is 0.243 e. The molecule has 3 unspecified atom stereocenters. The molecule has 4 fully saturated rings. The molecule has 1 aromatic heterocycles. The van der Waals surface area contributed by atoms with Crippen LogP contribution in [-0.2, 0) is 10.8 Å². The number of hydrogen-bond acceptors (Lipinski definition) is 1. The highest BCUT2D eigenvalue weighted by molar-refractivity contribution is 7.25. The van der Waals surface area contributed by atoms with Crippen molar-refractivity contribution in [2.45, 2.75) is 124 Å². The van der Waals surface area contributed by atoms with Gasteiger partial charge in [-0.25, -0.2) is 0 Å². The summed E-state index contributed by atoms with van der Waals surface area (Å²) in [6.07, 6.45) is 8.10. The van der Waals surface area contributed by atoms with Gasteiger partial charge in [0.2, 0.25) is 13.4 Å². The van der Waals surface area contributed by atoms with Gasteiger partial charge in [0.1, 0.15) is 0 Å². The molecule has 4 aliphatic carbocycles. The maximum atomic E-state index is 2.77. The molecule has 2 aliphatic heterocycles. The summed E-state index contributed by atoms with van der Waals surface area (Å²) in [7, 11) is 0. The monoisotopic (exact) mass is 949 g/mol. The molecule has 3 heterocycles. The zero-order valence-electron chi connectivity index (χ0n) is 43.9. The number of rotatable bonds is 7. The lowest BCUT2D eigenvalue weighted by molar-refractivity contribution is -0.0281. The van der Waals surface area contributed by atoms with Crippen molar-refractivity contribution in [2.24, 2.45) is 11.8 Å². The van der Waals surface area contributed by atoms with Crippen molar-refractivity contribution in [1.82, 2.24) is 0 Å². The quantitative estimate of drug-likeness (QED) is 0.140. The lowest BCUT2D eigenvalue weighted by Crippen LogP contribution is -2.58. The van der Waals surface area contributed by atoms with Crippen LogP contribution in [0.1, 0.15) is 132 Å². The minimum atomic E-state index is 0.157. The molecule has 0 N–H and O–H groups in total. The molecular formula is C69H66B2S. The maximum absolute atomic E-state index is 2.77. The molecule has 354 valence electrons. The molecule has 0 nitrogen and oxygen atoms in total. The lowest BCUT2D eigenvalue weighted by atomic mass is 9.33.